The number of rotatable bonds is 0. The first-order chi connectivity index (χ1) is 8.86. The molecule has 0 aliphatic heterocycles. The highest BCUT2D eigenvalue weighted by atomic mass is 35.5. The van der Waals surface area contributed by atoms with Gasteiger partial charge in [0.05, 0.1) is 5.56 Å². The molecular formula is C16H14Cl2S. The van der Waals surface area contributed by atoms with Crippen LogP contribution in [0, 0.1) is 11.8 Å². The van der Waals surface area contributed by atoms with Gasteiger partial charge in [-0.1, -0.05) is 55.8 Å². The third-order valence-corrected chi connectivity index (χ3v) is 4.65. The Balaban J connectivity index is 2.30. The molecule has 98 valence electrons. The van der Waals surface area contributed by atoms with E-state index < -0.39 is 0 Å². The lowest BCUT2D eigenvalue weighted by molar-refractivity contribution is 0.604. The zero-order chi connectivity index (χ0) is 14.0. The van der Waals surface area contributed by atoms with E-state index in [0.29, 0.717) is 5.02 Å². The average molecular weight is 309 g/mol. The van der Waals surface area contributed by atoms with E-state index >= 15 is 0 Å². The van der Waals surface area contributed by atoms with E-state index in [1.165, 1.54) is 4.88 Å². The Morgan fingerprint density at radius 1 is 1.00 bits per heavy atom. The summed E-state index contributed by atoms with van der Waals surface area (Å²) in [5.74, 6) is 6.23. The molecule has 0 amide bonds. The Hall–Kier alpha value is -0.940. The van der Waals surface area contributed by atoms with Gasteiger partial charge in [-0.05, 0) is 35.7 Å². The van der Waals surface area contributed by atoms with Gasteiger partial charge in [0.1, 0.15) is 4.34 Å². The summed E-state index contributed by atoms with van der Waals surface area (Å²) in [6.45, 7) is 6.52. The van der Waals surface area contributed by atoms with Gasteiger partial charge >= 0.3 is 0 Å². The monoisotopic (exact) mass is 308 g/mol. The van der Waals surface area contributed by atoms with Gasteiger partial charge in [0.2, 0.25) is 0 Å². The third kappa shape index (κ3) is 3.76. The lowest BCUT2D eigenvalue weighted by atomic mass is 9.94. The van der Waals surface area contributed by atoms with Crippen molar-refractivity contribution in [3.8, 4) is 11.8 Å². The first kappa shape index (κ1) is 14.5. The van der Waals surface area contributed by atoms with Gasteiger partial charge in [-0.3, -0.25) is 0 Å². The minimum absolute atomic E-state index is 0.106. The summed E-state index contributed by atoms with van der Waals surface area (Å²) < 4.78 is 0.756. The molecule has 1 aromatic carbocycles. The van der Waals surface area contributed by atoms with Crippen molar-refractivity contribution in [3.63, 3.8) is 0 Å². The molecular weight excluding hydrogens is 295 g/mol. The molecule has 0 fully saturated rings. The van der Waals surface area contributed by atoms with Crippen LogP contribution in [0.25, 0.3) is 0 Å². The highest BCUT2D eigenvalue weighted by Gasteiger charge is 2.18. The molecule has 0 spiro atoms. The van der Waals surface area contributed by atoms with Crippen LogP contribution < -0.4 is 0 Å². The van der Waals surface area contributed by atoms with Crippen LogP contribution in [0.4, 0.5) is 0 Å². The first-order valence-electron chi connectivity index (χ1n) is 5.93. The maximum Gasteiger partial charge on any atom is 0.109 e. The summed E-state index contributed by atoms with van der Waals surface area (Å²) >= 11 is 13.7. The van der Waals surface area contributed by atoms with Crippen LogP contribution in [-0.2, 0) is 5.41 Å². The molecule has 19 heavy (non-hydrogen) atoms. The van der Waals surface area contributed by atoms with Crippen LogP contribution in [0.15, 0.2) is 30.3 Å². The summed E-state index contributed by atoms with van der Waals surface area (Å²) in [5.41, 5.74) is 1.93. The fourth-order valence-corrected chi connectivity index (χ4v) is 2.87. The Bertz CT molecular complexity index is 634. The van der Waals surface area contributed by atoms with E-state index in [-0.39, 0.29) is 5.41 Å². The number of thiophene rings is 1. The molecule has 1 aromatic heterocycles. The van der Waals surface area contributed by atoms with Gasteiger partial charge in [0, 0.05) is 15.5 Å². The van der Waals surface area contributed by atoms with Crippen LogP contribution in [0.2, 0.25) is 9.36 Å². The molecule has 0 nitrogen and oxygen atoms in total. The van der Waals surface area contributed by atoms with Crippen molar-refractivity contribution in [2.45, 2.75) is 26.2 Å². The molecule has 0 saturated carbocycles. The van der Waals surface area contributed by atoms with Crippen molar-refractivity contribution in [1.29, 1.82) is 0 Å². The maximum atomic E-state index is 6.24. The summed E-state index contributed by atoms with van der Waals surface area (Å²) in [7, 11) is 0. The van der Waals surface area contributed by atoms with Gasteiger partial charge in [0.15, 0.2) is 0 Å². The van der Waals surface area contributed by atoms with E-state index in [4.69, 9.17) is 23.2 Å². The Morgan fingerprint density at radius 2 is 1.63 bits per heavy atom. The molecule has 0 atom stereocenters. The molecule has 0 unspecified atom stereocenters. The molecule has 0 saturated heterocycles. The first-order valence-corrected chi connectivity index (χ1v) is 7.51. The summed E-state index contributed by atoms with van der Waals surface area (Å²) in [6.07, 6.45) is 0. The van der Waals surface area contributed by atoms with Crippen LogP contribution in [0.1, 0.15) is 36.8 Å². The second-order valence-electron chi connectivity index (χ2n) is 5.30. The molecule has 0 N–H and O–H groups in total. The summed E-state index contributed by atoms with van der Waals surface area (Å²) in [6, 6.07) is 9.55. The Kier molecular flexibility index (Phi) is 4.26. The molecule has 3 heteroatoms. The molecule has 0 radical (unpaired) electrons. The minimum Gasteiger partial charge on any atom is -0.127 e. The largest absolute Gasteiger partial charge is 0.127 e. The molecule has 2 aromatic rings. The van der Waals surface area contributed by atoms with Gasteiger partial charge in [-0.25, -0.2) is 0 Å². The summed E-state index contributed by atoms with van der Waals surface area (Å²) in [5, 5.41) is 0.717. The SMILES string of the molecule is CC(C)(C)c1cc(C#Cc2ccc(Cl)cc2)c(Cl)s1. The third-order valence-electron chi connectivity index (χ3n) is 2.61. The zero-order valence-electron chi connectivity index (χ0n) is 11.1. The standard InChI is InChI=1S/C16H14Cl2S/c1-16(2,3)14-10-12(15(18)19-14)7-4-11-5-8-13(17)9-6-11/h5-6,8-10H,1-3H3. The highest BCUT2D eigenvalue weighted by molar-refractivity contribution is 7.16. The molecule has 0 aliphatic carbocycles. The fraction of sp³-hybridized carbons (Fsp3) is 0.250. The normalized spacial score (nSPS) is 11.0. The predicted octanol–water partition coefficient (Wildman–Crippen LogP) is 5.75. The Labute approximate surface area is 128 Å². The average Bonchev–Trinajstić information content (AvgIpc) is 2.70. The molecule has 0 bridgehead atoms. The quantitative estimate of drug-likeness (QED) is 0.543. The van der Waals surface area contributed by atoms with Crippen molar-refractivity contribution in [2.24, 2.45) is 0 Å². The van der Waals surface area contributed by atoms with E-state index in [2.05, 4.69) is 38.7 Å². The number of hydrogen-bond acceptors (Lipinski definition) is 1. The molecule has 2 rings (SSSR count). The lowest BCUT2D eigenvalue weighted by Crippen LogP contribution is -2.07. The van der Waals surface area contributed by atoms with Gasteiger partial charge in [-0.2, -0.15) is 0 Å². The lowest BCUT2D eigenvalue weighted by Gasteiger charge is -2.14. The smallest absolute Gasteiger partial charge is 0.109 e. The van der Waals surface area contributed by atoms with Crippen LogP contribution in [0.5, 0.6) is 0 Å². The topological polar surface area (TPSA) is 0 Å². The molecule has 0 aliphatic rings. The number of benzene rings is 1. The van der Waals surface area contributed by atoms with Gasteiger partial charge < -0.3 is 0 Å². The van der Waals surface area contributed by atoms with Crippen molar-refractivity contribution in [2.75, 3.05) is 0 Å². The molecule has 1 heterocycles. The Morgan fingerprint density at radius 3 is 2.16 bits per heavy atom. The van der Waals surface area contributed by atoms with E-state index in [0.717, 1.165) is 15.5 Å². The van der Waals surface area contributed by atoms with Crippen LogP contribution in [-0.4, -0.2) is 0 Å². The van der Waals surface area contributed by atoms with Crippen molar-refractivity contribution in [1.82, 2.24) is 0 Å². The van der Waals surface area contributed by atoms with Gasteiger partial charge in [-0.15, -0.1) is 11.3 Å². The van der Waals surface area contributed by atoms with E-state index in [9.17, 15) is 0 Å². The number of hydrogen-bond donors (Lipinski definition) is 0. The van der Waals surface area contributed by atoms with Crippen molar-refractivity contribution < 1.29 is 0 Å². The van der Waals surface area contributed by atoms with Crippen LogP contribution >= 0.6 is 34.5 Å². The van der Waals surface area contributed by atoms with Crippen molar-refractivity contribution in [3.05, 3.63) is 55.7 Å². The van der Waals surface area contributed by atoms with Crippen LogP contribution in [0.3, 0.4) is 0 Å². The number of halogens is 2. The second kappa shape index (κ2) is 5.59. The maximum absolute atomic E-state index is 6.24. The fourth-order valence-electron chi connectivity index (χ4n) is 1.50. The van der Waals surface area contributed by atoms with Gasteiger partial charge in [0.25, 0.3) is 0 Å². The minimum atomic E-state index is 0.106. The zero-order valence-corrected chi connectivity index (χ0v) is 13.4. The summed E-state index contributed by atoms with van der Waals surface area (Å²) in [4.78, 5) is 1.25. The van der Waals surface area contributed by atoms with E-state index in [1.54, 1.807) is 11.3 Å². The predicted molar refractivity (Wildman–Crippen MR) is 85.5 cm³/mol. The second-order valence-corrected chi connectivity index (χ2v) is 7.40. The highest BCUT2D eigenvalue weighted by Crippen LogP contribution is 2.35. The van der Waals surface area contributed by atoms with Crippen molar-refractivity contribution >= 4 is 34.5 Å². The van der Waals surface area contributed by atoms with E-state index in [1.807, 2.05) is 24.3 Å².